The zero-order chi connectivity index (χ0) is 13.8. The molecule has 0 aliphatic rings. The van der Waals surface area contributed by atoms with Crippen LogP contribution >= 0.6 is 15.9 Å². The van der Waals surface area contributed by atoms with Gasteiger partial charge in [0, 0.05) is 11.9 Å². The molecule has 98 valence electrons. The number of amides is 1. The minimum absolute atomic E-state index is 0.171. The number of carbonyl (C=O) groups excluding carboxylic acids is 1. The molecular formula is C14H12BrFN2O. The number of pyridine rings is 1. The predicted molar refractivity (Wildman–Crippen MR) is 75.4 cm³/mol. The van der Waals surface area contributed by atoms with Crippen LogP contribution in [0.15, 0.2) is 41.0 Å². The maximum absolute atomic E-state index is 13.3. The summed E-state index contributed by atoms with van der Waals surface area (Å²) in [7, 11) is 0. The van der Waals surface area contributed by atoms with Crippen LogP contribution in [0.2, 0.25) is 0 Å². The monoisotopic (exact) mass is 322 g/mol. The first-order chi connectivity index (χ1) is 9.06. The van der Waals surface area contributed by atoms with E-state index in [0.717, 1.165) is 11.3 Å². The summed E-state index contributed by atoms with van der Waals surface area (Å²) in [6.07, 6.45) is 1.82. The van der Waals surface area contributed by atoms with Crippen molar-refractivity contribution < 1.29 is 9.18 Å². The van der Waals surface area contributed by atoms with E-state index < -0.39 is 5.82 Å². The number of hydrogen-bond acceptors (Lipinski definition) is 2. The normalized spacial score (nSPS) is 10.3. The van der Waals surface area contributed by atoms with Gasteiger partial charge in [-0.25, -0.2) is 4.39 Å². The molecule has 0 atom stereocenters. The Balaban J connectivity index is 2.05. The summed E-state index contributed by atoms with van der Waals surface area (Å²) in [6, 6.07) is 8.18. The molecule has 0 bridgehead atoms. The van der Waals surface area contributed by atoms with Gasteiger partial charge in [0.15, 0.2) is 0 Å². The average molecular weight is 323 g/mol. The van der Waals surface area contributed by atoms with Crippen LogP contribution < -0.4 is 5.32 Å². The van der Waals surface area contributed by atoms with Crippen molar-refractivity contribution in [2.75, 3.05) is 5.32 Å². The van der Waals surface area contributed by atoms with Crippen LogP contribution in [-0.4, -0.2) is 10.9 Å². The summed E-state index contributed by atoms with van der Waals surface area (Å²) < 4.78 is 13.7. The molecule has 2 rings (SSSR count). The van der Waals surface area contributed by atoms with Crippen molar-refractivity contribution >= 4 is 27.5 Å². The molecule has 1 heterocycles. The SMILES string of the molecule is Cc1cccnc1CC(=O)Nc1ccc(Br)c(F)c1. The van der Waals surface area contributed by atoms with Crippen LogP contribution in [-0.2, 0) is 11.2 Å². The first-order valence-corrected chi connectivity index (χ1v) is 6.51. The third kappa shape index (κ3) is 3.61. The lowest BCUT2D eigenvalue weighted by molar-refractivity contribution is -0.115. The highest BCUT2D eigenvalue weighted by Crippen LogP contribution is 2.19. The number of carbonyl (C=O) groups is 1. The van der Waals surface area contributed by atoms with Crippen LogP contribution in [0.1, 0.15) is 11.3 Å². The molecule has 1 N–H and O–H groups in total. The predicted octanol–water partition coefficient (Wildman–Crippen LogP) is 3.47. The molecule has 3 nitrogen and oxygen atoms in total. The van der Waals surface area contributed by atoms with Gasteiger partial charge in [-0.15, -0.1) is 0 Å². The molecule has 0 saturated carbocycles. The highest BCUT2D eigenvalue weighted by Gasteiger charge is 2.08. The fraction of sp³-hybridized carbons (Fsp3) is 0.143. The second kappa shape index (κ2) is 5.93. The minimum Gasteiger partial charge on any atom is -0.326 e. The molecule has 0 aliphatic heterocycles. The number of aromatic nitrogens is 1. The van der Waals surface area contributed by atoms with Gasteiger partial charge in [-0.2, -0.15) is 0 Å². The minimum atomic E-state index is -0.410. The largest absolute Gasteiger partial charge is 0.326 e. The fourth-order valence-corrected chi connectivity index (χ4v) is 1.88. The van der Waals surface area contributed by atoms with Gasteiger partial charge in [0.05, 0.1) is 16.6 Å². The third-order valence-corrected chi connectivity index (χ3v) is 3.29. The van der Waals surface area contributed by atoms with Crippen LogP contribution in [0.4, 0.5) is 10.1 Å². The van der Waals surface area contributed by atoms with Crippen molar-refractivity contribution in [2.45, 2.75) is 13.3 Å². The lowest BCUT2D eigenvalue weighted by atomic mass is 10.1. The van der Waals surface area contributed by atoms with Gasteiger partial charge in [-0.05, 0) is 52.7 Å². The second-order valence-electron chi connectivity index (χ2n) is 4.12. The Labute approximate surface area is 119 Å². The van der Waals surface area contributed by atoms with E-state index in [9.17, 15) is 9.18 Å². The summed E-state index contributed by atoms with van der Waals surface area (Å²) in [6.45, 7) is 1.90. The van der Waals surface area contributed by atoms with Gasteiger partial charge in [0.25, 0.3) is 0 Å². The van der Waals surface area contributed by atoms with Crippen LogP contribution in [0.5, 0.6) is 0 Å². The Morgan fingerprint density at radius 3 is 2.89 bits per heavy atom. The fourth-order valence-electron chi connectivity index (χ4n) is 1.63. The van der Waals surface area contributed by atoms with Crippen LogP contribution in [0.3, 0.4) is 0 Å². The Hall–Kier alpha value is -1.75. The zero-order valence-electron chi connectivity index (χ0n) is 10.3. The standard InChI is InChI=1S/C14H12BrFN2O/c1-9-3-2-6-17-13(9)8-14(19)18-10-4-5-11(15)12(16)7-10/h2-7H,8H2,1H3,(H,18,19). The smallest absolute Gasteiger partial charge is 0.230 e. The summed E-state index contributed by atoms with van der Waals surface area (Å²) in [4.78, 5) is 16.0. The summed E-state index contributed by atoms with van der Waals surface area (Å²) >= 11 is 3.06. The van der Waals surface area contributed by atoms with E-state index >= 15 is 0 Å². The number of rotatable bonds is 3. The van der Waals surface area contributed by atoms with E-state index in [4.69, 9.17) is 0 Å². The van der Waals surface area contributed by atoms with Crippen molar-refractivity contribution in [3.63, 3.8) is 0 Å². The molecule has 1 aromatic carbocycles. The lowest BCUT2D eigenvalue weighted by Crippen LogP contribution is -2.16. The molecule has 1 aromatic heterocycles. The van der Waals surface area contributed by atoms with Crippen molar-refractivity contribution in [3.05, 3.63) is 58.1 Å². The third-order valence-electron chi connectivity index (χ3n) is 2.65. The number of hydrogen-bond donors (Lipinski definition) is 1. The number of nitrogens with one attached hydrogen (secondary N) is 1. The molecule has 1 amide bonds. The lowest BCUT2D eigenvalue weighted by Gasteiger charge is -2.07. The summed E-state index contributed by atoms with van der Waals surface area (Å²) in [5, 5.41) is 2.65. The number of halogens is 2. The van der Waals surface area contributed by atoms with E-state index in [-0.39, 0.29) is 12.3 Å². The molecule has 0 aliphatic carbocycles. The number of nitrogens with zero attached hydrogens (tertiary/aromatic N) is 1. The molecule has 5 heteroatoms. The number of aryl methyl sites for hydroxylation is 1. The number of benzene rings is 1. The molecular weight excluding hydrogens is 311 g/mol. The Kier molecular flexibility index (Phi) is 4.27. The van der Waals surface area contributed by atoms with E-state index in [1.54, 1.807) is 18.3 Å². The van der Waals surface area contributed by atoms with Gasteiger partial charge >= 0.3 is 0 Å². The zero-order valence-corrected chi connectivity index (χ0v) is 11.9. The van der Waals surface area contributed by atoms with Crippen molar-refractivity contribution in [1.82, 2.24) is 4.98 Å². The molecule has 0 unspecified atom stereocenters. The molecule has 0 radical (unpaired) electrons. The molecule has 0 spiro atoms. The van der Waals surface area contributed by atoms with Crippen LogP contribution in [0.25, 0.3) is 0 Å². The van der Waals surface area contributed by atoms with Crippen molar-refractivity contribution in [1.29, 1.82) is 0 Å². The topological polar surface area (TPSA) is 42.0 Å². The summed E-state index contributed by atoms with van der Waals surface area (Å²) in [5.41, 5.74) is 2.11. The van der Waals surface area contributed by atoms with E-state index in [1.807, 2.05) is 19.1 Å². The average Bonchev–Trinajstić information content (AvgIpc) is 2.37. The van der Waals surface area contributed by atoms with Gasteiger partial charge in [-0.3, -0.25) is 9.78 Å². The molecule has 0 fully saturated rings. The highest BCUT2D eigenvalue weighted by atomic mass is 79.9. The van der Waals surface area contributed by atoms with Crippen molar-refractivity contribution in [3.8, 4) is 0 Å². The molecule has 19 heavy (non-hydrogen) atoms. The first kappa shape index (κ1) is 13.7. The maximum Gasteiger partial charge on any atom is 0.230 e. The van der Waals surface area contributed by atoms with Gasteiger partial charge < -0.3 is 5.32 Å². The molecule has 2 aromatic rings. The number of anilines is 1. The summed E-state index contributed by atoms with van der Waals surface area (Å²) in [5.74, 6) is -0.629. The van der Waals surface area contributed by atoms with Crippen molar-refractivity contribution in [2.24, 2.45) is 0 Å². The van der Waals surface area contributed by atoms with Crippen LogP contribution in [0, 0.1) is 12.7 Å². The Bertz CT molecular complexity index is 616. The van der Waals surface area contributed by atoms with Gasteiger partial charge in [0.2, 0.25) is 5.91 Å². The van der Waals surface area contributed by atoms with Gasteiger partial charge in [0.1, 0.15) is 5.82 Å². The van der Waals surface area contributed by atoms with E-state index in [2.05, 4.69) is 26.2 Å². The molecule has 0 saturated heterocycles. The maximum atomic E-state index is 13.3. The quantitative estimate of drug-likeness (QED) is 0.940. The van der Waals surface area contributed by atoms with E-state index in [1.165, 1.54) is 6.07 Å². The Morgan fingerprint density at radius 1 is 1.42 bits per heavy atom. The second-order valence-corrected chi connectivity index (χ2v) is 4.98. The highest BCUT2D eigenvalue weighted by molar-refractivity contribution is 9.10. The van der Waals surface area contributed by atoms with Gasteiger partial charge in [-0.1, -0.05) is 6.07 Å². The Morgan fingerprint density at radius 2 is 2.21 bits per heavy atom. The van der Waals surface area contributed by atoms with E-state index in [0.29, 0.717) is 10.2 Å². The first-order valence-electron chi connectivity index (χ1n) is 5.71.